The number of nitrogens with two attached hydrogens (primary N) is 1. The minimum absolute atomic E-state index is 0.0529. The van der Waals surface area contributed by atoms with Crippen molar-refractivity contribution in [3.05, 3.63) is 22.7 Å². The van der Waals surface area contributed by atoms with E-state index in [1.165, 1.54) is 12.3 Å². The predicted molar refractivity (Wildman–Crippen MR) is 94.2 cm³/mol. The van der Waals surface area contributed by atoms with Crippen LogP contribution in [0.4, 0.5) is 5.82 Å². The van der Waals surface area contributed by atoms with Gasteiger partial charge in [0.2, 0.25) is 0 Å². The second-order valence-electron chi connectivity index (χ2n) is 6.32. The molecule has 1 aliphatic heterocycles. The standard InChI is InChI=1S/C17H21N3O9/c1-7(21)12(26-8(2)22)13-14(27-9(3)23)15(28-10(4)24)16(29-13)20-6-5-11(18)19-17(20)25/h5-6,12-16H,1-4H3,(H2,18,19,25)/t12?,13-,14-,15-,16-/m1/s1. The summed E-state index contributed by atoms with van der Waals surface area (Å²) in [6, 6.07) is 1.30. The zero-order valence-corrected chi connectivity index (χ0v) is 16.2. The molecule has 1 unspecified atom stereocenters. The van der Waals surface area contributed by atoms with Gasteiger partial charge in [-0.3, -0.25) is 23.7 Å². The second-order valence-corrected chi connectivity index (χ2v) is 6.32. The van der Waals surface area contributed by atoms with Crippen molar-refractivity contribution in [1.82, 2.24) is 9.55 Å². The van der Waals surface area contributed by atoms with Gasteiger partial charge >= 0.3 is 23.6 Å². The van der Waals surface area contributed by atoms with Crippen molar-refractivity contribution < 1.29 is 38.1 Å². The lowest BCUT2D eigenvalue weighted by Crippen LogP contribution is -2.47. The number of nitrogens with zero attached hydrogens (tertiary/aromatic N) is 2. The number of ketones is 1. The number of hydrogen-bond donors (Lipinski definition) is 1. The predicted octanol–water partition coefficient (Wildman–Crippen LogP) is -0.893. The van der Waals surface area contributed by atoms with Crippen LogP contribution in [0.1, 0.15) is 33.9 Å². The molecule has 2 rings (SSSR count). The molecule has 0 spiro atoms. The molecule has 1 saturated heterocycles. The van der Waals surface area contributed by atoms with Crippen molar-refractivity contribution in [3.8, 4) is 0 Å². The Morgan fingerprint density at radius 2 is 1.66 bits per heavy atom. The lowest BCUT2D eigenvalue weighted by molar-refractivity contribution is -0.173. The lowest BCUT2D eigenvalue weighted by Gasteiger charge is -2.26. The van der Waals surface area contributed by atoms with Gasteiger partial charge in [-0.25, -0.2) is 4.79 Å². The molecule has 1 fully saturated rings. The third-order valence-corrected chi connectivity index (χ3v) is 3.95. The fraction of sp³-hybridized carbons (Fsp3) is 0.529. The number of ether oxygens (including phenoxy) is 4. The number of Topliss-reactive ketones (excluding diaryl/α,β-unsaturated/α-hetero) is 1. The normalized spacial score (nSPS) is 24.4. The average Bonchev–Trinajstić information content (AvgIpc) is 2.89. The summed E-state index contributed by atoms with van der Waals surface area (Å²) < 4.78 is 22.2. The summed E-state index contributed by atoms with van der Waals surface area (Å²) in [4.78, 5) is 62.6. The van der Waals surface area contributed by atoms with Crippen molar-refractivity contribution >= 4 is 29.5 Å². The number of esters is 3. The van der Waals surface area contributed by atoms with Crippen LogP contribution in [0.15, 0.2) is 17.1 Å². The Hall–Kier alpha value is -3.28. The van der Waals surface area contributed by atoms with E-state index in [-0.39, 0.29) is 5.82 Å². The summed E-state index contributed by atoms with van der Waals surface area (Å²) in [6.07, 6.45) is -5.59. The van der Waals surface area contributed by atoms with Gasteiger partial charge in [0.25, 0.3) is 0 Å². The first-order chi connectivity index (χ1) is 13.5. The molecule has 12 heteroatoms. The Kier molecular flexibility index (Phi) is 6.69. The summed E-state index contributed by atoms with van der Waals surface area (Å²) in [5, 5.41) is 0. The third-order valence-electron chi connectivity index (χ3n) is 3.95. The Morgan fingerprint density at radius 1 is 1.07 bits per heavy atom. The van der Waals surface area contributed by atoms with E-state index < -0.39 is 60.0 Å². The molecule has 0 aliphatic carbocycles. The van der Waals surface area contributed by atoms with Crippen LogP contribution in [0.25, 0.3) is 0 Å². The average molecular weight is 411 g/mol. The largest absolute Gasteiger partial charge is 0.455 e. The summed E-state index contributed by atoms with van der Waals surface area (Å²) in [5.41, 5.74) is 4.65. The van der Waals surface area contributed by atoms with Gasteiger partial charge in [-0.05, 0) is 13.0 Å². The summed E-state index contributed by atoms with van der Waals surface area (Å²) in [6.45, 7) is 4.43. The first-order valence-corrected chi connectivity index (χ1v) is 8.53. The highest BCUT2D eigenvalue weighted by Gasteiger charge is 2.55. The number of carbonyl (C=O) groups is 4. The smallest absolute Gasteiger partial charge is 0.351 e. The lowest BCUT2D eigenvalue weighted by atomic mass is 10.0. The van der Waals surface area contributed by atoms with Gasteiger partial charge < -0.3 is 24.7 Å². The molecule has 5 atom stereocenters. The highest BCUT2D eigenvalue weighted by molar-refractivity contribution is 5.84. The molecule has 29 heavy (non-hydrogen) atoms. The number of anilines is 1. The van der Waals surface area contributed by atoms with Gasteiger partial charge in [0.1, 0.15) is 11.9 Å². The van der Waals surface area contributed by atoms with Gasteiger partial charge in [0.15, 0.2) is 30.3 Å². The zero-order chi connectivity index (χ0) is 21.9. The molecule has 0 aromatic carbocycles. The molecule has 0 bridgehead atoms. The molecule has 1 aliphatic rings. The Labute approximate surface area is 164 Å². The highest BCUT2D eigenvalue weighted by Crippen LogP contribution is 2.36. The zero-order valence-electron chi connectivity index (χ0n) is 16.2. The van der Waals surface area contributed by atoms with Crippen molar-refractivity contribution in [2.24, 2.45) is 0 Å². The molecule has 2 N–H and O–H groups in total. The number of rotatable bonds is 6. The van der Waals surface area contributed by atoms with Crippen LogP contribution in [0.5, 0.6) is 0 Å². The van der Waals surface area contributed by atoms with Gasteiger partial charge in [0.05, 0.1) is 0 Å². The number of carbonyl (C=O) groups excluding carboxylic acids is 4. The fourth-order valence-corrected chi connectivity index (χ4v) is 2.95. The molecule has 158 valence electrons. The SMILES string of the molecule is CC(=O)OC(C(C)=O)[C@H]1O[C@@H](n2ccc(N)nc2=O)[C@H](OC(C)=O)[C@@H]1OC(C)=O. The first-order valence-electron chi connectivity index (χ1n) is 8.53. The molecular formula is C17H21N3O9. The van der Waals surface area contributed by atoms with Gasteiger partial charge in [-0.2, -0.15) is 4.98 Å². The maximum Gasteiger partial charge on any atom is 0.351 e. The van der Waals surface area contributed by atoms with E-state index in [2.05, 4.69) is 4.98 Å². The molecule has 0 amide bonds. The summed E-state index contributed by atoms with van der Waals surface area (Å²) in [5.74, 6) is -2.97. The van der Waals surface area contributed by atoms with Crippen LogP contribution in [0.3, 0.4) is 0 Å². The van der Waals surface area contributed by atoms with Crippen molar-refractivity contribution in [3.63, 3.8) is 0 Å². The summed E-state index contributed by atoms with van der Waals surface area (Å²) >= 11 is 0. The van der Waals surface area contributed by atoms with Crippen LogP contribution >= 0.6 is 0 Å². The Bertz CT molecular complexity index is 881. The maximum atomic E-state index is 12.3. The fourth-order valence-electron chi connectivity index (χ4n) is 2.95. The topological polar surface area (TPSA) is 166 Å². The molecule has 0 radical (unpaired) electrons. The van der Waals surface area contributed by atoms with Gasteiger partial charge in [-0.15, -0.1) is 0 Å². The van der Waals surface area contributed by atoms with E-state index in [1.807, 2.05) is 0 Å². The van der Waals surface area contributed by atoms with Crippen LogP contribution in [0, 0.1) is 0 Å². The monoisotopic (exact) mass is 411 g/mol. The summed E-state index contributed by atoms with van der Waals surface area (Å²) in [7, 11) is 0. The van der Waals surface area contributed by atoms with E-state index in [4.69, 9.17) is 24.7 Å². The van der Waals surface area contributed by atoms with Crippen molar-refractivity contribution in [1.29, 1.82) is 0 Å². The minimum Gasteiger partial charge on any atom is -0.455 e. The van der Waals surface area contributed by atoms with E-state index in [0.29, 0.717) is 0 Å². The van der Waals surface area contributed by atoms with Crippen molar-refractivity contribution in [2.75, 3.05) is 5.73 Å². The number of nitrogen functional groups attached to an aromatic ring is 1. The number of aromatic nitrogens is 2. The van der Waals surface area contributed by atoms with E-state index in [9.17, 15) is 24.0 Å². The highest BCUT2D eigenvalue weighted by atomic mass is 16.7. The maximum absolute atomic E-state index is 12.3. The Morgan fingerprint density at radius 3 is 2.14 bits per heavy atom. The Balaban J connectivity index is 2.56. The molecule has 2 heterocycles. The van der Waals surface area contributed by atoms with E-state index >= 15 is 0 Å². The quantitative estimate of drug-likeness (QED) is 0.455. The number of hydrogen-bond acceptors (Lipinski definition) is 11. The third kappa shape index (κ3) is 5.16. The molecule has 12 nitrogen and oxygen atoms in total. The van der Waals surface area contributed by atoms with Crippen LogP contribution in [-0.2, 0) is 38.1 Å². The van der Waals surface area contributed by atoms with Crippen LogP contribution in [-0.4, -0.2) is 57.7 Å². The molecule has 0 saturated carbocycles. The van der Waals surface area contributed by atoms with Gasteiger partial charge in [0, 0.05) is 27.0 Å². The first kappa shape index (κ1) is 22.0. The van der Waals surface area contributed by atoms with Crippen molar-refractivity contribution in [2.45, 2.75) is 58.3 Å². The second kappa shape index (κ2) is 8.82. The van der Waals surface area contributed by atoms with Crippen LogP contribution < -0.4 is 11.4 Å². The van der Waals surface area contributed by atoms with Crippen LogP contribution in [0.2, 0.25) is 0 Å². The van der Waals surface area contributed by atoms with Gasteiger partial charge in [-0.1, -0.05) is 0 Å². The van der Waals surface area contributed by atoms with E-state index in [0.717, 1.165) is 32.3 Å². The molecule has 1 aromatic rings. The minimum atomic E-state index is -1.47. The molecule has 1 aromatic heterocycles. The molecular weight excluding hydrogens is 390 g/mol. The van der Waals surface area contributed by atoms with E-state index in [1.54, 1.807) is 0 Å².